The fourth-order valence-electron chi connectivity index (χ4n) is 4.42. The number of piperidine rings is 1. The molecule has 2 aromatic rings. The Morgan fingerprint density at radius 1 is 1.17 bits per heavy atom. The summed E-state index contributed by atoms with van der Waals surface area (Å²) in [5.41, 5.74) is 1.60. The molecule has 0 saturated carbocycles. The molecule has 1 spiro atoms. The molecule has 3 heterocycles. The second kappa shape index (κ2) is 8.01. The van der Waals surface area contributed by atoms with Crippen LogP contribution in [0.1, 0.15) is 42.5 Å². The highest BCUT2D eigenvalue weighted by Crippen LogP contribution is 2.34. The lowest BCUT2D eigenvalue weighted by atomic mass is 9.90. The molecule has 0 bridgehead atoms. The van der Waals surface area contributed by atoms with E-state index in [0.717, 1.165) is 0 Å². The Bertz CT molecular complexity index is 973. The number of rotatable bonds is 5. The van der Waals surface area contributed by atoms with Crippen LogP contribution >= 0.6 is 0 Å². The van der Waals surface area contributed by atoms with Crippen LogP contribution in [0.25, 0.3) is 0 Å². The lowest BCUT2D eigenvalue weighted by Gasteiger charge is -2.37. The summed E-state index contributed by atoms with van der Waals surface area (Å²) in [6, 6.07) is 10.1. The first kappa shape index (κ1) is 20.3. The van der Waals surface area contributed by atoms with Crippen LogP contribution in [-0.4, -0.2) is 63.8 Å². The number of aromatic amines is 2. The van der Waals surface area contributed by atoms with Crippen molar-refractivity contribution in [3.8, 4) is 0 Å². The van der Waals surface area contributed by atoms with Crippen LogP contribution in [0.15, 0.2) is 35.1 Å². The van der Waals surface area contributed by atoms with Gasteiger partial charge in [0.05, 0.1) is 13.0 Å². The predicted octanol–water partition coefficient (Wildman–Crippen LogP) is 2.17. The Morgan fingerprint density at radius 2 is 1.87 bits per heavy atom. The van der Waals surface area contributed by atoms with E-state index in [2.05, 4.69) is 29.3 Å². The van der Waals surface area contributed by atoms with Gasteiger partial charge in [0.25, 0.3) is 5.56 Å². The summed E-state index contributed by atoms with van der Waals surface area (Å²) in [5, 5.41) is 5.26. The van der Waals surface area contributed by atoms with Gasteiger partial charge in [-0.15, -0.1) is 0 Å². The number of hydrogen-bond donors (Lipinski definition) is 2. The minimum absolute atomic E-state index is 0.0723. The number of ether oxygens (including phenoxy) is 1. The number of carbonyl (C=O) groups is 2. The molecule has 2 aliphatic rings. The Morgan fingerprint density at radius 3 is 2.50 bits per heavy atom. The summed E-state index contributed by atoms with van der Waals surface area (Å²) >= 11 is 0. The molecule has 1 atom stereocenters. The lowest BCUT2D eigenvalue weighted by molar-refractivity contribution is -0.133. The molecule has 2 saturated heterocycles. The highest BCUT2D eigenvalue weighted by Gasteiger charge is 2.47. The van der Waals surface area contributed by atoms with Gasteiger partial charge in [0.15, 0.2) is 0 Å². The number of H-pyrrole nitrogens is 2. The third-order valence-corrected chi connectivity index (χ3v) is 6.35. The minimum atomic E-state index is -0.522. The Labute approximate surface area is 175 Å². The van der Waals surface area contributed by atoms with Crippen molar-refractivity contribution in [3.05, 3.63) is 57.5 Å². The summed E-state index contributed by atoms with van der Waals surface area (Å²) < 4.78 is 5.80. The van der Waals surface area contributed by atoms with Gasteiger partial charge >= 0.3 is 6.09 Å². The zero-order valence-corrected chi connectivity index (χ0v) is 17.4. The van der Waals surface area contributed by atoms with Gasteiger partial charge in [-0.1, -0.05) is 37.3 Å². The lowest BCUT2D eigenvalue weighted by Crippen LogP contribution is -2.49. The molecule has 4 rings (SSSR count). The number of carbonyl (C=O) groups excluding carboxylic acids is 2. The fourth-order valence-corrected chi connectivity index (χ4v) is 4.42. The van der Waals surface area contributed by atoms with Crippen molar-refractivity contribution in [1.82, 2.24) is 20.0 Å². The van der Waals surface area contributed by atoms with Gasteiger partial charge in [-0.3, -0.25) is 14.7 Å². The van der Waals surface area contributed by atoms with Gasteiger partial charge in [-0.2, -0.15) is 0 Å². The smallest absolute Gasteiger partial charge is 0.410 e. The molecule has 8 nitrogen and oxygen atoms in total. The topological polar surface area (TPSA) is 98.5 Å². The van der Waals surface area contributed by atoms with E-state index in [1.54, 1.807) is 16.7 Å². The van der Waals surface area contributed by atoms with Crippen molar-refractivity contribution >= 4 is 12.0 Å². The average molecular weight is 412 g/mol. The number of hydrogen-bond acceptors (Lipinski definition) is 4. The molecule has 1 aromatic heterocycles. The molecule has 0 radical (unpaired) electrons. The molecule has 1 aromatic carbocycles. The van der Waals surface area contributed by atoms with Crippen molar-refractivity contribution in [2.75, 3.05) is 26.2 Å². The Kier molecular flexibility index (Phi) is 5.40. The van der Waals surface area contributed by atoms with Gasteiger partial charge < -0.3 is 19.6 Å². The molecule has 160 valence electrons. The summed E-state index contributed by atoms with van der Waals surface area (Å²) in [5.74, 6) is 0.148. The van der Waals surface area contributed by atoms with Crippen LogP contribution in [0.4, 0.5) is 4.79 Å². The standard InChI is InChI=1S/C22H28N4O4/c1-15(17-6-4-3-5-7-17)13-26-14-22(30-21(26)29)8-10-25(11-9-22)19(27)12-18-16(2)23-24-20(18)28/h3-7,15H,8-14H2,1-2H3,(H2,23,24,28). The zero-order chi connectivity index (χ0) is 21.3. The highest BCUT2D eigenvalue weighted by molar-refractivity contribution is 5.79. The van der Waals surface area contributed by atoms with Crippen molar-refractivity contribution < 1.29 is 14.3 Å². The van der Waals surface area contributed by atoms with Crippen molar-refractivity contribution in [2.45, 2.75) is 44.6 Å². The van der Waals surface area contributed by atoms with Gasteiger partial charge in [0.1, 0.15) is 5.60 Å². The molecule has 2 fully saturated rings. The normalized spacial score (nSPS) is 19.2. The Hall–Kier alpha value is -3.03. The quantitative estimate of drug-likeness (QED) is 0.786. The van der Waals surface area contributed by atoms with Crippen LogP contribution in [0.2, 0.25) is 0 Å². The highest BCUT2D eigenvalue weighted by atomic mass is 16.6. The molecular weight excluding hydrogens is 384 g/mol. The molecular formula is C22H28N4O4. The summed E-state index contributed by atoms with van der Waals surface area (Å²) in [6.45, 7) is 6.10. The maximum absolute atomic E-state index is 12.6. The zero-order valence-electron chi connectivity index (χ0n) is 17.4. The molecule has 1 unspecified atom stereocenters. The van der Waals surface area contributed by atoms with Gasteiger partial charge in [0.2, 0.25) is 5.91 Å². The monoisotopic (exact) mass is 412 g/mol. The number of likely N-dealkylation sites (tertiary alicyclic amines) is 1. The van der Waals surface area contributed by atoms with Crippen molar-refractivity contribution in [3.63, 3.8) is 0 Å². The summed E-state index contributed by atoms with van der Waals surface area (Å²) in [4.78, 5) is 40.5. The van der Waals surface area contributed by atoms with E-state index in [1.807, 2.05) is 18.2 Å². The number of aryl methyl sites for hydroxylation is 1. The number of amides is 2. The van der Waals surface area contributed by atoms with E-state index >= 15 is 0 Å². The van der Waals surface area contributed by atoms with E-state index in [0.29, 0.717) is 50.3 Å². The molecule has 0 aliphatic carbocycles. The first-order valence-corrected chi connectivity index (χ1v) is 10.4. The van der Waals surface area contributed by atoms with Crippen LogP contribution in [-0.2, 0) is 16.0 Å². The van der Waals surface area contributed by atoms with E-state index in [4.69, 9.17) is 4.74 Å². The number of benzene rings is 1. The number of nitrogens with zero attached hydrogens (tertiary/aromatic N) is 2. The molecule has 2 N–H and O–H groups in total. The van der Waals surface area contributed by atoms with Gasteiger partial charge in [-0.25, -0.2) is 4.79 Å². The van der Waals surface area contributed by atoms with Crippen molar-refractivity contribution in [2.24, 2.45) is 0 Å². The first-order chi connectivity index (χ1) is 14.4. The molecule has 2 aliphatic heterocycles. The predicted molar refractivity (Wildman–Crippen MR) is 111 cm³/mol. The third kappa shape index (κ3) is 3.99. The first-order valence-electron chi connectivity index (χ1n) is 10.4. The average Bonchev–Trinajstić information content (AvgIpc) is 3.22. The molecule has 8 heteroatoms. The minimum Gasteiger partial charge on any atom is -0.441 e. The van der Waals surface area contributed by atoms with E-state index in [9.17, 15) is 14.4 Å². The Balaban J connectivity index is 1.33. The van der Waals surface area contributed by atoms with Crippen LogP contribution in [0.5, 0.6) is 0 Å². The van der Waals surface area contributed by atoms with Crippen molar-refractivity contribution in [1.29, 1.82) is 0 Å². The third-order valence-electron chi connectivity index (χ3n) is 6.35. The van der Waals surface area contributed by atoms with Gasteiger partial charge in [0, 0.05) is 43.7 Å². The van der Waals surface area contributed by atoms with E-state index in [1.165, 1.54) is 5.56 Å². The van der Waals surface area contributed by atoms with E-state index in [-0.39, 0.29) is 29.9 Å². The second-order valence-corrected chi connectivity index (χ2v) is 8.48. The maximum Gasteiger partial charge on any atom is 0.410 e. The number of nitrogens with one attached hydrogen (secondary N) is 2. The van der Waals surface area contributed by atoms with Crippen LogP contribution in [0, 0.1) is 6.92 Å². The van der Waals surface area contributed by atoms with Crippen LogP contribution < -0.4 is 5.56 Å². The molecule has 2 amide bonds. The van der Waals surface area contributed by atoms with E-state index < -0.39 is 5.60 Å². The molecule has 30 heavy (non-hydrogen) atoms. The largest absolute Gasteiger partial charge is 0.441 e. The SMILES string of the molecule is Cc1[nH][nH]c(=O)c1CC(=O)N1CCC2(CC1)CN(CC(C)c1ccccc1)C(=O)O2. The second-order valence-electron chi connectivity index (χ2n) is 8.48. The fraction of sp³-hybridized carbons (Fsp3) is 0.500. The maximum atomic E-state index is 12.6. The number of aromatic nitrogens is 2. The van der Waals surface area contributed by atoms with Crippen LogP contribution in [0.3, 0.4) is 0 Å². The summed E-state index contributed by atoms with van der Waals surface area (Å²) in [7, 11) is 0. The summed E-state index contributed by atoms with van der Waals surface area (Å²) in [6.07, 6.45) is 1.04. The van der Waals surface area contributed by atoms with Gasteiger partial charge in [-0.05, 0) is 18.4 Å².